The third-order valence-corrected chi connectivity index (χ3v) is 2.60. The highest BCUT2D eigenvalue weighted by molar-refractivity contribution is 5.60. The first-order chi connectivity index (χ1) is 8.65. The lowest BCUT2D eigenvalue weighted by molar-refractivity contribution is 0.0383. The van der Waals surface area contributed by atoms with Crippen LogP contribution in [0.25, 0.3) is 0 Å². The van der Waals surface area contributed by atoms with Gasteiger partial charge in [-0.2, -0.15) is 0 Å². The Balaban J connectivity index is 2.53. The van der Waals surface area contributed by atoms with Crippen molar-refractivity contribution in [2.24, 2.45) is 0 Å². The summed E-state index contributed by atoms with van der Waals surface area (Å²) in [6, 6.07) is 0. The average Bonchev–Trinajstić information content (AvgIpc) is 2.36. The van der Waals surface area contributed by atoms with Gasteiger partial charge < -0.3 is 18.9 Å². The zero-order valence-electron chi connectivity index (χ0n) is 10.6. The van der Waals surface area contributed by atoms with E-state index in [1.54, 1.807) is 12.2 Å². The maximum Gasteiger partial charge on any atom is 0.508 e. The summed E-state index contributed by atoms with van der Waals surface area (Å²) in [6.45, 7) is 0. The van der Waals surface area contributed by atoms with Gasteiger partial charge in [-0.05, 0) is 37.8 Å². The fraction of sp³-hybridized carbons (Fsp3) is 0.667. The van der Waals surface area contributed by atoms with Crippen molar-refractivity contribution in [1.29, 1.82) is 0 Å². The number of hydrogen-bond acceptors (Lipinski definition) is 6. The lowest BCUT2D eigenvalue weighted by Gasteiger charge is -2.19. The van der Waals surface area contributed by atoms with Gasteiger partial charge in [0.2, 0.25) is 0 Å². The fourth-order valence-corrected chi connectivity index (χ4v) is 1.67. The van der Waals surface area contributed by atoms with Gasteiger partial charge in [0.05, 0.1) is 14.2 Å². The molecule has 0 amide bonds. The minimum absolute atomic E-state index is 0.346. The topological polar surface area (TPSA) is 71.1 Å². The second kappa shape index (κ2) is 7.58. The summed E-state index contributed by atoms with van der Waals surface area (Å²) in [5.74, 6) is 0. The van der Waals surface area contributed by atoms with Crippen molar-refractivity contribution >= 4 is 12.3 Å². The molecular weight excluding hydrogens is 240 g/mol. The molecule has 0 bridgehead atoms. The van der Waals surface area contributed by atoms with Gasteiger partial charge in [0.25, 0.3) is 0 Å². The third kappa shape index (κ3) is 5.07. The normalized spacial score (nSPS) is 23.4. The summed E-state index contributed by atoms with van der Waals surface area (Å²) in [7, 11) is 2.52. The molecule has 1 rings (SSSR count). The molecule has 1 aliphatic rings. The van der Waals surface area contributed by atoms with Crippen molar-refractivity contribution in [3.8, 4) is 0 Å². The molecule has 1 aliphatic carbocycles. The van der Waals surface area contributed by atoms with E-state index in [2.05, 4.69) is 9.47 Å². The minimum Gasteiger partial charge on any atom is -0.438 e. The van der Waals surface area contributed by atoms with E-state index >= 15 is 0 Å². The highest BCUT2D eigenvalue weighted by Gasteiger charge is 2.18. The van der Waals surface area contributed by atoms with Crippen molar-refractivity contribution in [1.82, 2.24) is 0 Å². The van der Waals surface area contributed by atoms with Crippen LogP contribution in [-0.2, 0) is 18.9 Å². The second-order valence-electron chi connectivity index (χ2n) is 3.89. The monoisotopic (exact) mass is 258 g/mol. The van der Waals surface area contributed by atoms with Gasteiger partial charge >= 0.3 is 12.3 Å². The van der Waals surface area contributed by atoms with E-state index in [1.165, 1.54) is 14.2 Å². The van der Waals surface area contributed by atoms with Crippen LogP contribution in [0.15, 0.2) is 12.2 Å². The molecule has 0 aromatic carbocycles. The molecule has 0 N–H and O–H groups in total. The van der Waals surface area contributed by atoms with Gasteiger partial charge in [0.15, 0.2) is 0 Å². The SMILES string of the molecule is COC(=O)O[C@@H]1C=C[C@H](OC(=O)OC)CCCC1. The quantitative estimate of drug-likeness (QED) is 0.559. The Morgan fingerprint density at radius 2 is 1.28 bits per heavy atom. The lowest BCUT2D eigenvalue weighted by Crippen LogP contribution is -2.21. The van der Waals surface area contributed by atoms with Crippen molar-refractivity contribution in [3.05, 3.63) is 12.2 Å². The van der Waals surface area contributed by atoms with Crippen LogP contribution in [-0.4, -0.2) is 38.7 Å². The molecule has 0 spiro atoms. The smallest absolute Gasteiger partial charge is 0.438 e. The van der Waals surface area contributed by atoms with E-state index in [-0.39, 0.29) is 12.2 Å². The van der Waals surface area contributed by atoms with Gasteiger partial charge in [0, 0.05) is 0 Å². The van der Waals surface area contributed by atoms with E-state index < -0.39 is 12.3 Å². The van der Waals surface area contributed by atoms with Crippen molar-refractivity contribution in [3.63, 3.8) is 0 Å². The maximum atomic E-state index is 11.0. The lowest BCUT2D eigenvalue weighted by atomic mass is 10.0. The Kier molecular flexibility index (Phi) is 6.04. The summed E-state index contributed by atoms with van der Waals surface area (Å²) >= 11 is 0. The van der Waals surface area contributed by atoms with E-state index in [9.17, 15) is 9.59 Å². The second-order valence-corrected chi connectivity index (χ2v) is 3.89. The number of carbonyl (C=O) groups excluding carboxylic acids is 2. The highest BCUT2D eigenvalue weighted by atomic mass is 16.7. The Morgan fingerprint density at radius 1 is 0.889 bits per heavy atom. The average molecular weight is 258 g/mol. The molecule has 6 heteroatoms. The molecule has 18 heavy (non-hydrogen) atoms. The molecule has 102 valence electrons. The van der Waals surface area contributed by atoms with Crippen LogP contribution in [0.2, 0.25) is 0 Å². The summed E-state index contributed by atoms with van der Waals surface area (Å²) in [4.78, 5) is 22.0. The molecule has 0 aliphatic heterocycles. The summed E-state index contributed by atoms with van der Waals surface area (Å²) in [5, 5.41) is 0. The highest BCUT2D eigenvalue weighted by Crippen LogP contribution is 2.17. The predicted octanol–water partition coefficient (Wildman–Crippen LogP) is 2.42. The van der Waals surface area contributed by atoms with Crippen LogP contribution in [0.4, 0.5) is 9.59 Å². The Bertz CT molecular complexity index is 282. The Labute approximate surface area is 106 Å². The third-order valence-electron chi connectivity index (χ3n) is 2.60. The van der Waals surface area contributed by atoms with Crippen LogP contribution >= 0.6 is 0 Å². The number of rotatable bonds is 2. The molecule has 0 saturated carbocycles. The van der Waals surface area contributed by atoms with Gasteiger partial charge in [-0.3, -0.25) is 0 Å². The number of methoxy groups -OCH3 is 2. The zero-order valence-corrected chi connectivity index (χ0v) is 10.6. The maximum absolute atomic E-state index is 11.0. The minimum atomic E-state index is -0.712. The van der Waals surface area contributed by atoms with Crippen LogP contribution in [0.1, 0.15) is 25.7 Å². The van der Waals surface area contributed by atoms with Crippen molar-refractivity contribution in [2.45, 2.75) is 37.9 Å². The summed E-state index contributed by atoms with van der Waals surface area (Å²) in [5.41, 5.74) is 0. The van der Waals surface area contributed by atoms with Gasteiger partial charge in [-0.15, -0.1) is 0 Å². The van der Waals surface area contributed by atoms with Crippen LogP contribution < -0.4 is 0 Å². The molecule has 0 aromatic rings. The molecule has 6 nitrogen and oxygen atoms in total. The molecule has 0 saturated heterocycles. The first-order valence-electron chi connectivity index (χ1n) is 5.83. The number of hydrogen-bond donors (Lipinski definition) is 0. The predicted molar refractivity (Wildman–Crippen MR) is 62.2 cm³/mol. The Morgan fingerprint density at radius 3 is 1.61 bits per heavy atom. The fourth-order valence-electron chi connectivity index (χ4n) is 1.67. The molecule has 0 fully saturated rings. The van der Waals surface area contributed by atoms with Crippen molar-refractivity contribution in [2.75, 3.05) is 14.2 Å². The van der Waals surface area contributed by atoms with E-state index in [0.717, 1.165) is 25.7 Å². The molecule has 0 radical (unpaired) electrons. The van der Waals surface area contributed by atoms with Gasteiger partial charge in [-0.1, -0.05) is 0 Å². The van der Waals surface area contributed by atoms with Crippen molar-refractivity contribution < 1.29 is 28.5 Å². The first kappa shape index (κ1) is 14.3. The molecule has 2 atom stereocenters. The van der Waals surface area contributed by atoms with E-state index in [1.807, 2.05) is 0 Å². The van der Waals surface area contributed by atoms with Crippen LogP contribution in [0.3, 0.4) is 0 Å². The van der Waals surface area contributed by atoms with Gasteiger partial charge in [-0.25, -0.2) is 9.59 Å². The van der Waals surface area contributed by atoms with Crippen LogP contribution in [0, 0.1) is 0 Å². The summed E-state index contributed by atoms with van der Waals surface area (Å²) in [6.07, 6.45) is 4.54. The Hall–Kier alpha value is -1.72. The number of ether oxygens (including phenoxy) is 4. The first-order valence-corrected chi connectivity index (χ1v) is 5.83. The van der Waals surface area contributed by atoms with E-state index in [0.29, 0.717) is 0 Å². The zero-order chi connectivity index (χ0) is 13.4. The van der Waals surface area contributed by atoms with Crippen LogP contribution in [0.5, 0.6) is 0 Å². The summed E-state index contributed by atoms with van der Waals surface area (Å²) < 4.78 is 18.9. The van der Waals surface area contributed by atoms with Gasteiger partial charge in [0.1, 0.15) is 12.2 Å². The molecule has 0 aromatic heterocycles. The molecule has 0 unspecified atom stereocenters. The standard InChI is InChI=1S/C12H18O6/c1-15-11(13)17-9-5-3-4-6-10(8-7-9)18-12(14)16-2/h7-10H,3-6H2,1-2H3/t9-,10+. The number of carbonyl (C=O) groups is 2. The largest absolute Gasteiger partial charge is 0.508 e. The molecular formula is C12H18O6. The van der Waals surface area contributed by atoms with E-state index in [4.69, 9.17) is 9.47 Å². The molecule has 0 heterocycles.